The highest BCUT2D eigenvalue weighted by Gasteiger charge is 2.20. The van der Waals surface area contributed by atoms with E-state index in [2.05, 4.69) is 31.3 Å². The Bertz CT molecular complexity index is 362. The Kier molecular flexibility index (Phi) is 6.16. The number of aliphatic hydroxyl groups is 1. The molecule has 2 unspecified atom stereocenters. The first-order chi connectivity index (χ1) is 8.67. The monoisotopic (exact) mass is 251 g/mol. The van der Waals surface area contributed by atoms with Crippen LogP contribution >= 0.6 is 0 Å². The zero-order valence-electron chi connectivity index (χ0n) is 11.9. The summed E-state index contributed by atoms with van der Waals surface area (Å²) in [6.07, 6.45) is 0.953. The summed E-state index contributed by atoms with van der Waals surface area (Å²) in [4.78, 5) is 0. The maximum Gasteiger partial charge on any atom is 0.122 e. The largest absolute Gasteiger partial charge is 0.494 e. The molecule has 1 aromatic carbocycles. The molecule has 0 amide bonds. The second-order valence-corrected chi connectivity index (χ2v) is 4.58. The lowest BCUT2D eigenvalue weighted by molar-refractivity contribution is 0.189. The predicted octanol–water partition coefficient (Wildman–Crippen LogP) is 2.67. The summed E-state index contributed by atoms with van der Waals surface area (Å²) < 4.78 is 5.55. The van der Waals surface area contributed by atoms with E-state index in [9.17, 15) is 5.11 Å². The van der Waals surface area contributed by atoms with Crippen LogP contribution in [-0.4, -0.2) is 25.4 Å². The normalized spacial score (nSPS) is 14.3. The Labute approximate surface area is 110 Å². The molecule has 2 N–H and O–H groups in total. The summed E-state index contributed by atoms with van der Waals surface area (Å²) in [5.41, 5.74) is 2.35. The lowest BCUT2D eigenvalue weighted by atomic mass is 9.90. The topological polar surface area (TPSA) is 41.5 Å². The van der Waals surface area contributed by atoms with Crippen LogP contribution in [0.15, 0.2) is 18.2 Å². The smallest absolute Gasteiger partial charge is 0.122 e. The molecule has 3 heteroatoms. The molecule has 0 aromatic heterocycles. The number of aryl methyl sites for hydroxylation is 1. The third-order valence-corrected chi connectivity index (χ3v) is 3.40. The van der Waals surface area contributed by atoms with E-state index in [1.54, 1.807) is 0 Å². The van der Waals surface area contributed by atoms with E-state index in [0.717, 1.165) is 17.7 Å². The second kappa shape index (κ2) is 7.39. The lowest BCUT2D eigenvalue weighted by Gasteiger charge is -2.25. The van der Waals surface area contributed by atoms with Crippen molar-refractivity contribution in [3.05, 3.63) is 29.3 Å². The zero-order chi connectivity index (χ0) is 13.5. The van der Waals surface area contributed by atoms with Gasteiger partial charge >= 0.3 is 0 Å². The predicted molar refractivity (Wildman–Crippen MR) is 75.0 cm³/mol. The van der Waals surface area contributed by atoms with Crippen molar-refractivity contribution in [1.82, 2.24) is 5.32 Å². The number of rotatable bonds is 7. The van der Waals surface area contributed by atoms with Crippen LogP contribution in [0.3, 0.4) is 0 Å². The van der Waals surface area contributed by atoms with E-state index in [0.29, 0.717) is 6.61 Å². The Hall–Kier alpha value is -1.06. The first-order valence-electron chi connectivity index (χ1n) is 6.69. The van der Waals surface area contributed by atoms with Gasteiger partial charge in [0.25, 0.3) is 0 Å². The van der Waals surface area contributed by atoms with Gasteiger partial charge in [-0.1, -0.05) is 19.1 Å². The van der Waals surface area contributed by atoms with Gasteiger partial charge < -0.3 is 15.2 Å². The van der Waals surface area contributed by atoms with Crippen LogP contribution < -0.4 is 10.1 Å². The third kappa shape index (κ3) is 3.47. The van der Waals surface area contributed by atoms with E-state index in [1.165, 1.54) is 5.56 Å². The maximum atomic E-state index is 9.43. The van der Waals surface area contributed by atoms with Crippen LogP contribution in [0.4, 0.5) is 0 Å². The van der Waals surface area contributed by atoms with Crippen LogP contribution in [0, 0.1) is 12.8 Å². The van der Waals surface area contributed by atoms with Crippen molar-refractivity contribution in [2.24, 2.45) is 5.92 Å². The molecule has 1 aromatic rings. The minimum absolute atomic E-state index is 0.189. The number of hydrogen-bond acceptors (Lipinski definition) is 3. The standard InChI is InChI=1S/C15H25NO2/c1-5-12(10-17)15(16-4)13-7-8-14(18-6-2)11(3)9-13/h7-9,12,15-17H,5-6,10H2,1-4H3. The van der Waals surface area contributed by atoms with Crippen LogP contribution in [0.1, 0.15) is 37.4 Å². The van der Waals surface area contributed by atoms with Crippen molar-refractivity contribution in [1.29, 1.82) is 0 Å². The molecule has 3 nitrogen and oxygen atoms in total. The number of aliphatic hydroxyl groups excluding tert-OH is 1. The molecule has 2 atom stereocenters. The average Bonchev–Trinajstić information content (AvgIpc) is 2.38. The zero-order valence-corrected chi connectivity index (χ0v) is 11.9. The second-order valence-electron chi connectivity index (χ2n) is 4.58. The minimum atomic E-state index is 0.189. The molecule has 0 spiro atoms. The number of nitrogens with one attached hydrogen (secondary N) is 1. The fourth-order valence-corrected chi connectivity index (χ4v) is 2.33. The highest BCUT2D eigenvalue weighted by Crippen LogP contribution is 2.28. The highest BCUT2D eigenvalue weighted by molar-refractivity contribution is 5.37. The van der Waals surface area contributed by atoms with Gasteiger partial charge in [-0.15, -0.1) is 0 Å². The van der Waals surface area contributed by atoms with E-state index in [1.807, 2.05) is 20.0 Å². The van der Waals surface area contributed by atoms with Crippen LogP contribution in [0.25, 0.3) is 0 Å². The summed E-state index contributed by atoms with van der Waals surface area (Å²) in [5.74, 6) is 1.18. The van der Waals surface area contributed by atoms with Gasteiger partial charge in [-0.3, -0.25) is 0 Å². The fraction of sp³-hybridized carbons (Fsp3) is 0.600. The molecule has 18 heavy (non-hydrogen) atoms. The quantitative estimate of drug-likeness (QED) is 0.783. The Morgan fingerprint density at radius 2 is 2.06 bits per heavy atom. The van der Waals surface area contributed by atoms with Crippen molar-refractivity contribution < 1.29 is 9.84 Å². The summed E-state index contributed by atoms with van der Waals surface area (Å²) in [6, 6.07) is 6.43. The first kappa shape index (κ1) is 15.0. The average molecular weight is 251 g/mol. The van der Waals surface area contributed by atoms with Gasteiger partial charge in [0.05, 0.1) is 6.61 Å². The molecule has 0 bridgehead atoms. The Balaban J connectivity index is 2.96. The molecule has 0 aliphatic carbocycles. The Morgan fingerprint density at radius 3 is 2.50 bits per heavy atom. The van der Waals surface area contributed by atoms with E-state index >= 15 is 0 Å². The summed E-state index contributed by atoms with van der Waals surface area (Å²) in [6.45, 7) is 7.04. The van der Waals surface area contributed by atoms with Crippen LogP contribution in [0.2, 0.25) is 0 Å². The molecule has 102 valence electrons. The van der Waals surface area contributed by atoms with Crippen molar-refractivity contribution in [3.63, 3.8) is 0 Å². The molecule has 0 saturated heterocycles. The number of benzene rings is 1. The van der Waals surface area contributed by atoms with Crippen LogP contribution in [0.5, 0.6) is 5.75 Å². The Morgan fingerprint density at radius 1 is 1.33 bits per heavy atom. The third-order valence-electron chi connectivity index (χ3n) is 3.40. The van der Waals surface area contributed by atoms with Gasteiger partial charge in [0.15, 0.2) is 0 Å². The summed E-state index contributed by atoms with van der Waals surface area (Å²) in [5, 5.41) is 12.7. The van der Waals surface area contributed by atoms with Crippen molar-refractivity contribution in [2.45, 2.75) is 33.2 Å². The molecule has 0 heterocycles. The van der Waals surface area contributed by atoms with Crippen LogP contribution in [-0.2, 0) is 0 Å². The highest BCUT2D eigenvalue weighted by atomic mass is 16.5. The van der Waals surface area contributed by atoms with Crippen molar-refractivity contribution in [2.75, 3.05) is 20.3 Å². The molecular weight excluding hydrogens is 226 g/mol. The molecule has 0 fully saturated rings. The molecule has 0 saturated carbocycles. The number of ether oxygens (including phenoxy) is 1. The van der Waals surface area contributed by atoms with E-state index in [4.69, 9.17) is 4.74 Å². The van der Waals surface area contributed by atoms with Gasteiger partial charge in [0.1, 0.15) is 5.75 Å². The summed E-state index contributed by atoms with van der Waals surface area (Å²) in [7, 11) is 1.94. The summed E-state index contributed by atoms with van der Waals surface area (Å²) >= 11 is 0. The van der Waals surface area contributed by atoms with Gasteiger partial charge in [-0.2, -0.15) is 0 Å². The molecule has 0 radical (unpaired) electrons. The molecule has 0 aliphatic heterocycles. The van der Waals surface area contributed by atoms with Gasteiger partial charge in [-0.25, -0.2) is 0 Å². The van der Waals surface area contributed by atoms with E-state index < -0.39 is 0 Å². The fourth-order valence-electron chi connectivity index (χ4n) is 2.33. The van der Waals surface area contributed by atoms with Gasteiger partial charge in [0, 0.05) is 18.6 Å². The van der Waals surface area contributed by atoms with Gasteiger partial charge in [0.2, 0.25) is 0 Å². The molecule has 1 rings (SSSR count). The van der Waals surface area contributed by atoms with Gasteiger partial charge in [-0.05, 0) is 44.5 Å². The van der Waals surface area contributed by atoms with E-state index in [-0.39, 0.29) is 18.6 Å². The van der Waals surface area contributed by atoms with Crippen molar-refractivity contribution in [3.8, 4) is 5.75 Å². The first-order valence-corrected chi connectivity index (χ1v) is 6.69. The molecule has 0 aliphatic rings. The molecular formula is C15H25NO2. The minimum Gasteiger partial charge on any atom is -0.494 e. The SMILES string of the molecule is CCOc1ccc(C(NC)C(CC)CO)cc1C. The lowest BCUT2D eigenvalue weighted by Crippen LogP contribution is -2.27. The van der Waals surface area contributed by atoms with Crippen molar-refractivity contribution >= 4 is 0 Å². The number of hydrogen-bond donors (Lipinski definition) is 2. The maximum absolute atomic E-state index is 9.43.